The predicted octanol–water partition coefficient (Wildman–Crippen LogP) is 0.816. The first kappa shape index (κ1) is 20.8. The molecule has 0 saturated carbocycles. The monoisotopic (exact) mass is 410 g/mol. The van der Waals surface area contributed by atoms with Gasteiger partial charge in [-0.15, -0.1) is 11.3 Å². The highest BCUT2D eigenvalue weighted by Gasteiger charge is 2.19. The lowest BCUT2D eigenvalue weighted by molar-refractivity contribution is -0.304. The van der Waals surface area contributed by atoms with Gasteiger partial charge in [-0.3, -0.25) is 9.59 Å². The molecule has 0 radical (unpaired) electrons. The fraction of sp³-hybridized carbons (Fsp3) is 0.294. The van der Waals surface area contributed by atoms with Crippen LogP contribution in [0.4, 0.5) is 5.13 Å². The highest BCUT2D eigenvalue weighted by Crippen LogP contribution is 2.16. The molecular weight excluding hydrogens is 394 g/mol. The third kappa shape index (κ3) is 6.63. The van der Waals surface area contributed by atoms with Crippen LogP contribution in [0, 0.1) is 0 Å². The average Bonchev–Trinajstić information content (AvgIpc) is 3.04. The minimum absolute atomic E-state index is 0.208. The number of aromatic nitrogens is 1. The van der Waals surface area contributed by atoms with E-state index in [-0.39, 0.29) is 37.2 Å². The fourth-order valence-electron chi connectivity index (χ4n) is 2.15. The largest absolute Gasteiger partial charge is 0.550 e. The molecule has 0 aliphatic carbocycles. The summed E-state index contributed by atoms with van der Waals surface area (Å²) >= 11 is 6.93. The normalized spacial score (nSPS) is 10.4. The molecule has 1 N–H and O–H groups in total. The summed E-state index contributed by atoms with van der Waals surface area (Å²) in [7, 11) is 1.50. The number of carboxylic acids is 1. The first-order chi connectivity index (χ1) is 12.9. The first-order valence-electron chi connectivity index (χ1n) is 7.87. The van der Waals surface area contributed by atoms with Crippen LogP contribution in [-0.2, 0) is 20.7 Å². The van der Waals surface area contributed by atoms with Gasteiger partial charge in [0.05, 0.1) is 12.3 Å². The molecule has 1 aromatic carbocycles. The summed E-state index contributed by atoms with van der Waals surface area (Å²) in [6, 6.07) is 6.35. The molecule has 1 aromatic heterocycles. The molecule has 0 bridgehead atoms. The number of amides is 2. The van der Waals surface area contributed by atoms with Crippen molar-refractivity contribution in [2.75, 3.05) is 32.1 Å². The van der Waals surface area contributed by atoms with Gasteiger partial charge in [0, 0.05) is 42.0 Å². The summed E-state index contributed by atoms with van der Waals surface area (Å²) in [4.78, 5) is 40.8. The Kier molecular flexibility index (Phi) is 7.71. The number of ether oxygens (including phenoxy) is 1. The molecule has 8 nitrogen and oxygen atoms in total. The van der Waals surface area contributed by atoms with Gasteiger partial charge in [-0.05, 0) is 24.3 Å². The molecule has 0 spiro atoms. The summed E-state index contributed by atoms with van der Waals surface area (Å²) in [6.07, 6.45) is -0.332. The number of hydrogen-bond acceptors (Lipinski definition) is 7. The molecule has 10 heteroatoms. The Bertz CT molecular complexity index is 809. The lowest BCUT2D eigenvalue weighted by atomic mass is 10.2. The summed E-state index contributed by atoms with van der Waals surface area (Å²) in [6.45, 7) is 0.277. The van der Waals surface area contributed by atoms with Crippen molar-refractivity contribution in [3.8, 4) is 0 Å². The summed E-state index contributed by atoms with van der Waals surface area (Å²) in [5.41, 5.74) is 0.692. The molecule has 0 aliphatic rings. The second-order valence-electron chi connectivity index (χ2n) is 5.47. The van der Waals surface area contributed by atoms with Gasteiger partial charge in [0.2, 0.25) is 5.91 Å². The quantitative estimate of drug-likeness (QED) is 0.655. The Balaban J connectivity index is 2.02. The van der Waals surface area contributed by atoms with Gasteiger partial charge in [0.25, 0.3) is 5.91 Å². The standard InChI is InChI=1S/C17H18ClN3O5S/c1-26-7-6-21(16(25)11-2-4-12(18)5-3-11)9-14(22)20-17-19-13(10-27-17)8-15(23)24/h2-5,10H,6-9H2,1H3,(H,23,24)(H,19,20,22)/p-1. The first-order valence-corrected chi connectivity index (χ1v) is 9.12. The molecule has 2 rings (SSSR count). The summed E-state index contributed by atoms with van der Waals surface area (Å²) < 4.78 is 5.00. The van der Waals surface area contributed by atoms with E-state index in [0.717, 1.165) is 11.3 Å². The molecule has 0 saturated heterocycles. The second-order valence-corrected chi connectivity index (χ2v) is 6.76. The van der Waals surface area contributed by atoms with E-state index in [1.54, 1.807) is 24.3 Å². The molecule has 144 valence electrons. The van der Waals surface area contributed by atoms with Gasteiger partial charge < -0.3 is 24.9 Å². The minimum atomic E-state index is -1.25. The van der Waals surface area contributed by atoms with E-state index in [4.69, 9.17) is 16.3 Å². The Morgan fingerprint density at radius 2 is 2.00 bits per heavy atom. The van der Waals surface area contributed by atoms with Crippen LogP contribution in [0.15, 0.2) is 29.6 Å². The average molecular weight is 411 g/mol. The molecule has 0 fully saturated rings. The van der Waals surface area contributed by atoms with Crippen molar-refractivity contribution in [2.24, 2.45) is 0 Å². The zero-order valence-electron chi connectivity index (χ0n) is 14.4. The number of thiazole rings is 1. The van der Waals surface area contributed by atoms with Crippen molar-refractivity contribution >= 4 is 45.9 Å². The number of carbonyl (C=O) groups excluding carboxylic acids is 3. The highest BCUT2D eigenvalue weighted by molar-refractivity contribution is 7.13. The van der Waals surface area contributed by atoms with E-state index in [0.29, 0.717) is 16.3 Å². The number of aliphatic carboxylic acids is 1. The zero-order chi connectivity index (χ0) is 19.8. The Hall–Kier alpha value is -2.49. The van der Waals surface area contributed by atoms with E-state index >= 15 is 0 Å². The fourth-order valence-corrected chi connectivity index (χ4v) is 3.01. The molecule has 27 heavy (non-hydrogen) atoms. The maximum atomic E-state index is 12.6. The Morgan fingerprint density at radius 3 is 2.63 bits per heavy atom. The van der Waals surface area contributed by atoms with Crippen LogP contribution in [0.1, 0.15) is 16.1 Å². The van der Waals surface area contributed by atoms with E-state index < -0.39 is 11.9 Å². The second kappa shape index (κ2) is 10.0. The summed E-state index contributed by atoms with van der Waals surface area (Å²) in [5.74, 6) is -2.05. The van der Waals surface area contributed by atoms with E-state index in [1.807, 2.05) is 0 Å². The molecule has 2 amide bonds. The summed E-state index contributed by atoms with van der Waals surface area (Å²) in [5, 5.41) is 15.4. The lowest BCUT2D eigenvalue weighted by Gasteiger charge is -2.21. The van der Waals surface area contributed by atoms with Gasteiger partial charge in [-0.25, -0.2) is 4.98 Å². The number of carboxylic acid groups (broad SMARTS) is 1. The van der Waals surface area contributed by atoms with Crippen molar-refractivity contribution < 1.29 is 24.2 Å². The van der Waals surface area contributed by atoms with Gasteiger partial charge in [0.1, 0.15) is 6.54 Å². The molecule has 1 heterocycles. The van der Waals surface area contributed by atoms with E-state index in [1.165, 1.54) is 17.4 Å². The van der Waals surface area contributed by atoms with Crippen LogP contribution in [0.25, 0.3) is 0 Å². The van der Waals surface area contributed by atoms with Crippen molar-refractivity contribution in [1.29, 1.82) is 0 Å². The molecule has 0 atom stereocenters. The molecular formula is C17H17ClN3O5S-. The predicted molar refractivity (Wildman–Crippen MR) is 98.7 cm³/mol. The van der Waals surface area contributed by atoms with Crippen LogP contribution in [0.5, 0.6) is 0 Å². The van der Waals surface area contributed by atoms with E-state index in [9.17, 15) is 19.5 Å². The number of nitrogens with zero attached hydrogens (tertiary/aromatic N) is 2. The number of hydrogen-bond donors (Lipinski definition) is 1. The Labute approximate surface area is 164 Å². The van der Waals surface area contributed by atoms with Crippen LogP contribution in [0.2, 0.25) is 5.02 Å². The van der Waals surface area contributed by atoms with Crippen LogP contribution < -0.4 is 10.4 Å². The number of benzene rings is 1. The van der Waals surface area contributed by atoms with Crippen molar-refractivity contribution in [2.45, 2.75) is 6.42 Å². The third-order valence-corrected chi connectivity index (χ3v) is 4.46. The minimum Gasteiger partial charge on any atom is -0.550 e. The van der Waals surface area contributed by atoms with Gasteiger partial charge >= 0.3 is 0 Å². The maximum Gasteiger partial charge on any atom is 0.254 e. The zero-order valence-corrected chi connectivity index (χ0v) is 16.0. The topological polar surface area (TPSA) is 112 Å². The van der Waals surface area contributed by atoms with Crippen molar-refractivity contribution in [3.05, 3.63) is 45.9 Å². The van der Waals surface area contributed by atoms with Gasteiger partial charge in [0.15, 0.2) is 5.13 Å². The van der Waals surface area contributed by atoms with Gasteiger partial charge in [-0.2, -0.15) is 0 Å². The number of nitrogens with one attached hydrogen (secondary N) is 1. The number of rotatable bonds is 9. The van der Waals surface area contributed by atoms with Crippen LogP contribution in [-0.4, -0.2) is 54.5 Å². The van der Waals surface area contributed by atoms with Crippen molar-refractivity contribution in [1.82, 2.24) is 9.88 Å². The number of methoxy groups -OCH3 is 1. The number of anilines is 1. The molecule has 2 aromatic rings. The van der Waals surface area contributed by atoms with Crippen molar-refractivity contribution in [3.63, 3.8) is 0 Å². The Morgan fingerprint density at radius 1 is 1.30 bits per heavy atom. The van der Waals surface area contributed by atoms with Crippen LogP contribution in [0.3, 0.4) is 0 Å². The van der Waals surface area contributed by atoms with E-state index in [2.05, 4.69) is 10.3 Å². The molecule has 0 unspecified atom stereocenters. The molecule has 0 aliphatic heterocycles. The third-order valence-electron chi connectivity index (χ3n) is 3.40. The highest BCUT2D eigenvalue weighted by atomic mass is 35.5. The SMILES string of the molecule is COCCN(CC(=O)Nc1nc(CC(=O)[O-])cs1)C(=O)c1ccc(Cl)cc1. The lowest BCUT2D eigenvalue weighted by Crippen LogP contribution is -2.40. The maximum absolute atomic E-state index is 12.6. The number of carbonyl (C=O) groups is 3. The smallest absolute Gasteiger partial charge is 0.254 e. The van der Waals surface area contributed by atoms with Crippen LogP contribution >= 0.6 is 22.9 Å². The number of halogens is 1. The van der Waals surface area contributed by atoms with Gasteiger partial charge in [-0.1, -0.05) is 11.6 Å².